The largest absolute Gasteiger partial charge is 0.248 e. The van der Waals surface area contributed by atoms with Gasteiger partial charge in [-0.2, -0.15) is 0 Å². The van der Waals surface area contributed by atoms with Crippen LogP contribution in [0.25, 0.3) is 77.4 Å². The van der Waals surface area contributed by atoms with Crippen LogP contribution in [0.4, 0.5) is 0 Å². The maximum absolute atomic E-state index is 4.94. The maximum atomic E-state index is 4.94. The van der Waals surface area contributed by atoms with Gasteiger partial charge < -0.3 is 0 Å². The summed E-state index contributed by atoms with van der Waals surface area (Å²) in [5.41, 5.74) is 16.1. The molecule has 2 heteroatoms. The normalized spacial score (nSPS) is 12.2. The third kappa shape index (κ3) is 9.18. The van der Waals surface area contributed by atoms with Crippen LogP contribution < -0.4 is 0 Å². The van der Waals surface area contributed by atoms with Gasteiger partial charge in [-0.3, -0.25) is 0 Å². The first-order chi connectivity index (χ1) is 31.4. The van der Waals surface area contributed by atoms with Crippen molar-refractivity contribution < 1.29 is 0 Å². The van der Waals surface area contributed by atoms with Gasteiger partial charge in [0.15, 0.2) is 0 Å². The second-order valence-electron chi connectivity index (χ2n) is 15.5. The van der Waals surface area contributed by atoms with E-state index < -0.39 is 0 Å². The number of hydrogen-bond acceptors (Lipinski definition) is 2. The highest BCUT2D eigenvalue weighted by molar-refractivity contribution is 6.22. The van der Waals surface area contributed by atoms with E-state index in [0.717, 1.165) is 61.6 Å². The van der Waals surface area contributed by atoms with Crippen LogP contribution in [0.15, 0.2) is 260 Å². The van der Waals surface area contributed by atoms with Gasteiger partial charge >= 0.3 is 0 Å². The van der Waals surface area contributed by atoms with Gasteiger partial charge in [0, 0.05) is 5.56 Å². The molecule has 308 valence electrons. The maximum Gasteiger partial charge on any atom is 0.0705 e. The van der Waals surface area contributed by atoms with Crippen LogP contribution in [0.3, 0.4) is 0 Å². The molecular formula is C62H50N2. The lowest BCUT2D eigenvalue weighted by atomic mass is 9.84. The molecule has 8 aromatic carbocycles. The van der Waals surface area contributed by atoms with Crippen molar-refractivity contribution in [3.05, 3.63) is 267 Å². The van der Waals surface area contributed by atoms with Crippen LogP contribution in [0, 0.1) is 0 Å². The Morgan fingerprint density at radius 1 is 0.406 bits per heavy atom. The van der Waals surface area contributed by atoms with Gasteiger partial charge in [0.1, 0.15) is 0 Å². The summed E-state index contributed by atoms with van der Waals surface area (Å²) in [5, 5.41) is 4.78. The Morgan fingerprint density at radius 3 is 1.30 bits per heavy atom. The lowest BCUT2D eigenvalue weighted by Crippen LogP contribution is -1.97. The van der Waals surface area contributed by atoms with Crippen molar-refractivity contribution in [3.63, 3.8) is 0 Å². The van der Waals surface area contributed by atoms with Crippen LogP contribution in [0.5, 0.6) is 0 Å². The third-order valence-corrected chi connectivity index (χ3v) is 11.3. The van der Waals surface area contributed by atoms with Gasteiger partial charge in [-0.1, -0.05) is 220 Å². The van der Waals surface area contributed by atoms with Crippen LogP contribution in [0.1, 0.15) is 30.5 Å². The molecule has 0 radical (unpaired) electrons. The van der Waals surface area contributed by atoms with Crippen LogP contribution in [-0.4, -0.2) is 11.4 Å². The second-order valence-corrected chi connectivity index (χ2v) is 15.5. The minimum Gasteiger partial charge on any atom is -0.248 e. The zero-order valence-corrected chi connectivity index (χ0v) is 36.5. The van der Waals surface area contributed by atoms with E-state index in [1.54, 1.807) is 6.08 Å². The highest BCUT2D eigenvalue weighted by Crippen LogP contribution is 2.46. The summed E-state index contributed by atoms with van der Waals surface area (Å²) in [5.74, 6) is 0. The first kappa shape index (κ1) is 42.5. The van der Waals surface area contributed by atoms with Crippen molar-refractivity contribution in [2.24, 2.45) is 9.98 Å². The molecule has 0 spiro atoms. The van der Waals surface area contributed by atoms with Crippen molar-refractivity contribution in [1.29, 1.82) is 0 Å². The van der Waals surface area contributed by atoms with E-state index in [0.29, 0.717) is 5.70 Å². The topological polar surface area (TPSA) is 24.7 Å². The van der Waals surface area contributed by atoms with Crippen LogP contribution in [0.2, 0.25) is 0 Å². The van der Waals surface area contributed by atoms with Crippen LogP contribution in [-0.2, 0) is 0 Å². The third-order valence-electron chi connectivity index (χ3n) is 11.3. The fraction of sp³-hybridized carbons (Fsp3) is 0.0323. The average Bonchev–Trinajstić information content (AvgIpc) is 3.35. The van der Waals surface area contributed by atoms with Crippen molar-refractivity contribution >= 4 is 44.4 Å². The van der Waals surface area contributed by atoms with E-state index in [1.807, 2.05) is 68.5 Å². The number of allylic oxidation sites excluding steroid dienone is 8. The zero-order valence-electron chi connectivity index (χ0n) is 36.5. The predicted molar refractivity (Wildman–Crippen MR) is 280 cm³/mol. The van der Waals surface area contributed by atoms with Gasteiger partial charge in [-0.25, -0.2) is 9.98 Å². The highest BCUT2D eigenvalue weighted by Gasteiger charge is 2.19. The minimum atomic E-state index is 0.670. The molecule has 0 saturated heterocycles. The van der Waals surface area contributed by atoms with E-state index in [4.69, 9.17) is 9.98 Å². The monoisotopic (exact) mass is 822 g/mol. The first-order valence-electron chi connectivity index (χ1n) is 21.6. The van der Waals surface area contributed by atoms with Crippen molar-refractivity contribution in [2.75, 3.05) is 0 Å². The summed E-state index contributed by atoms with van der Waals surface area (Å²) in [4.78, 5) is 9.79. The molecular weight excluding hydrogens is 773 g/mol. The highest BCUT2D eigenvalue weighted by atomic mass is 14.8. The molecule has 0 fully saturated rings. The molecule has 8 rings (SSSR count). The zero-order chi connectivity index (χ0) is 44.4. The molecule has 0 aliphatic carbocycles. The molecule has 0 aromatic heterocycles. The second kappa shape index (κ2) is 19.7. The SMILES string of the molecule is C=C/C=C\C(=C)C(/C=C\C)=NC(=C)c1ccc(-c2ccc3c(-c4ccccc4)c4cc(-c5ccc(C(=C)N=C(/C=C\C)c6ccccc6)cc5)ccc4c(-c4ccccc4)c3c2)cc1. The Morgan fingerprint density at radius 2 is 0.844 bits per heavy atom. The summed E-state index contributed by atoms with van der Waals surface area (Å²) < 4.78 is 0. The van der Waals surface area contributed by atoms with Crippen molar-refractivity contribution in [1.82, 2.24) is 0 Å². The van der Waals surface area contributed by atoms with Gasteiger partial charge in [-0.05, 0) is 121 Å². The summed E-state index contributed by atoms with van der Waals surface area (Å²) in [6.45, 7) is 20.6. The summed E-state index contributed by atoms with van der Waals surface area (Å²) >= 11 is 0. The smallest absolute Gasteiger partial charge is 0.0705 e. The Hall–Kier alpha value is -8.20. The Balaban J connectivity index is 1.22. The van der Waals surface area contributed by atoms with E-state index in [2.05, 4.69) is 184 Å². The van der Waals surface area contributed by atoms with Gasteiger partial charge in [0.25, 0.3) is 0 Å². The Kier molecular flexibility index (Phi) is 13.1. The van der Waals surface area contributed by atoms with Crippen molar-refractivity contribution in [2.45, 2.75) is 13.8 Å². The number of nitrogens with zero attached hydrogens (tertiary/aromatic N) is 2. The van der Waals surface area contributed by atoms with Crippen LogP contribution >= 0.6 is 0 Å². The average molecular weight is 823 g/mol. The predicted octanol–water partition coefficient (Wildman–Crippen LogP) is 17.0. The number of rotatable bonds is 14. The Bertz CT molecular complexity index is 3180. The molecule has 0 unspecified atom stereocenters. The molecule has 8 aromatic rings. The van der Waals surface area contributed by atoms with Gasteiger partial charge in [0.05, 0.1) is 22.8 Å². The lowest BCUT2D eigenvalue weighted by molar-refractivity contribution is 1.49. The number of fused-ring (bicyclic) bond motifs is 2. The lowest BCUT2D eigenvalue weighted by Gasteiger charge is -2.20. The van der Waals surface area contributed by atoms with E-state index >= 15 is 0 Å². The van der Waals surface area contributed by atoms with Crippen molar-refractivity contribution in [3.8, 4) is 44.5 Å². The Labute approximate surface area is 378 Å². The molecule has 0 aliphatic heterocycles. The summed E-state index contributed by atoms with van der Waals surface area (Å²) in [6.07, 6.45) is 13.4. The standard InChI is InChI=1S/C62H50N2/c1-7-10-22-43(4)59(20-8-2)63-44(5)46-29-33-48(34-30-46)53-37-39-55-57(41-53)61(51-25-16-12-17-26-51)56-40-38-54(42-58(56)62(55)52-27-18-13-19-28-52)49-35-31-47(32-36-49)45(6)64-60(21-9-3)50-23-14-11-15-24-50/h7-42H,1,4-6H2,2-3H3/b20-8-,21-9-,22-10-,63-59?,64-60?. The molecule has 2 nitrogen and oxygen atoms in total. The van der Waals surface area contributed by atoms with Gasteiger partial charge in [0.2, 0.25) is 0 Å². The fourth-order valence-corrected chi connectivity index (χ4v) is 8.16. The fourth-order valence-electron chi connectivity index (χ4n) is 8.16. The minimum absolute atomic E-state index is 0.670. The molecule has 0 heterocycles. The van der Waals surface area contributed by atoms with E-state index in [9.17, 15) is 0 Å². The number of hydrogen-bond donors (Lipinski definition) is 0. The molecule has 64 heavy (non-hydrogen) atoms. The van der Waals surface area contributed by atoms with E-state index in [-0.39, 0.29) is 0 Å². The summed E-state index contributed by atoms with van der Waals surface area (Å²) in [7, 11) is 0. The molecule has 0 bridgehead atoms. The molecule has 0 amide bonds. The first-order valence-corrected chi connectivity index (χ1v) is 21.6. The summed E-state index contributed by atoms with van der Waals surface area (Å²) in [6, 6.07) is 62.7. The van der Waals surface area contributed by atoms with Gasteiger partial charge in [-0.15, -0.1) is 0 Å². The number of aliphatic imine (C=N–C) groups is 2. The quantitative estimate of drug-likeness (QED) is 0.0593. The molecule has 0 atom stereocenters. The molecule has 0 aliphatic rings. The molecule has 0 N–H and O–H groups in total. The van der Waals surface area contributed by atoms with E-state index in [1.165, 1.54) is 43.8 Å². The number of benzene rings is 8. The molecule has 0 saturated carbocycles.